The predicted molar refractivity (Wildman–Crippen MR) is 271 cm³/mol. The lowest BCUT2D eigenvalue weighted by Gasteiger charge is -2.80. The molecule has 1 aromatic carbocycles. The number of benzene rings is 1. The Hall–Kier alpha value is -3.14. The first kappa shape index (κ1) is 47.1. The molecule has 7 N–H and O–H groups in total. The quantitative estimate of drug-likeness (QED) is 0.0909. The molecule has 21 atom stereocenters. The van der Waals surface area contributed by atoms with Gasteiger partial charge in [0, 0.05) is 64.5 Å². The van der Waals surface area contributed by atoms with Crippen LogP contribution in [0, 0.1) is 105 Å². The van der Waals surface area contributed by atoms with Crippen LogP contribution in [0.4, 0.5) is 0 Å². The number of fused-ring (bicyclic) bond motifs is 5. The Labute approximate surface area is 431 Å². The highest BCUT2D eigenvalue weighted by Crippen LogP contribution is 2.88. The minimum atomic E-state index is -2.27. The van der Waals surface area contributed by atoms with Crippen molar-refractivity contribution in [3.8, 4) is 11.8 Å². The Morgan fingerprint density at radius 3 is 2.47 bits per heavy atom. The number of nitrogens with one attached hydrogen (secondary N) is 1. The molecule has 6 bridgehead atoms. The van der Waals surface area contributed by atoms with E-state index in [1.54, 1.807) is 6.08 Å². The zero-order valence-electron chi connectivity index (χ0n) is 43.2. The van der Waals surface area contributed by atoms with E-state index < -0.39 is 86.9 Å². The van der Waals surface area contributed by atoms with Crippen LogP contribution in [0.5, 0.6) is 0 Å². The molecule has 0 amide bonds. The van der Waals surface area contributed by atoms with E-state index in [9.17, 15) is 25.2 Å². The maximum Gasteiger partial charge on any atom is 0.331 e. The SMILES string of the molecule is CNC1Cc2c(cccc2CO)C#CCCC23CC4C5=CCC6=C5C5C7(C=O)C4C(O)(C(O)C4CC(C(C)C8CCCC8)CCC(C(O)C58CCC(C6)C85CCCC5)C47O)C2(O)CC2CC1C1OC(=O)C=C1C23. The van der Waals surface area contributed by atoms with Crippen LogP contribution < -0.4 is 5.32 Å². The summed E-state index contributed by atoms with van der Waals surface area (Å²) in [5.74, 6) is 3.34. The van der Waals surface area contributed by atoms with Gasteiger partial charge in [0.1, 0.15) is 23.6 Å². The molecule has 1 aromatic rings. The lowest BCUT2D eigenvalue weighted by molar-refractivity contribution is -0.408. The molecule has 10 nitrogen and oxygen atoms in total. The summed E-state index contributed by atoms with van der Waals surface area (Å²) in [5, 5.41) is 87.9. The number of aldehydes is 1. The fraction of sp³-hybridized carbons (Fsp3) is 0.746. The Morgan fingerprint density at radius 2 is 1.70 bits per heavy atom. The van der Waals surface area contributed by atoms with E-state index in [4.69, 9.17) is 4.74 Å². The minimum absolute atomic E-state index is 0.0830. The molecule has 21 unspecified atom stereocenters. The van der Waals surface area contributed by atoms with E-state index in [2.05, 4.69) is 30.2 Å². The van der Waals surface area contributed by atoms with Crippen LogP contribution in [0.2, 0.25) is 0 Å². The second-order valence-corrected chi connectivity index (χ2v) is 27.6. The predicted octanol–water partition coefficient (Wildman–Crippen LogP) is 7.19. The van der Waals surface area contributed by atoms with Crippen molar-refractivity contribution in [2.45, 2.75) is 190 Å². The molecule has 15 aliphatic rings. The standard InChI is InChI=1S/C63H79NO9/c1-33(34-10-3-4-11-34)36-16-18-46-55(68)59-23-19-40(57(59)20-7-8-21-57)24-37-15-17-41-45-30-58-22-6-5-12-35-13-9-14-38(31-65)42(35)27-48(64-2)43-25-39(51(58)44-28-49(67)73-52(43)44)29-61(58,70)63(72)53(45)60(32-66,54(59)50(37)41)62(46,71)47(26-36)56(63)69/h9,13-14,17,28,32-34,36,39-40,43,45-48,51-56,64-65,68-72H,3-4,6-8,10-11,15-16,18-27,29-31H2,1-2H3. The van der Waals surface area contributed by atoms with Crippen LogP contribution in [-0.4, -0.2) is 91.1 Å². The number of hydrogen-bond donors (Lipinski definition) is 7. The number of allylic oxidation sites excluding steroid dienone is 4. The average molecular weight is 994 g/mol. The number of aliphatic hydroxyl groups excluding tert-OH is 3. The molecule has 10 heteroatoms. The largest absolute Gasteiger partial charge is 0.454 e. The monoisotopic (exact) mass is 994 g/mol. The highest BCUT2D eigenvalue weighted by Gasteiger charge is 2.93. The zero-order valence-corrected chi connectivity index (χ0v) is 43.2. The Balaban J connectivity index is 0.999. The lowest BCUT2D eigenvalue weighted by atomic mass is 9.25. The summed E-state index contributed by atoms with van der Waals surface area (Å²) >= 11 is 0. The number of carbonyl (C=O) groups is 2. The van der Waals surface area contributed by atoms with Crippen LogP contribution in [0.3, 0.4) is 0 Å². The van der Waals surface area contributed by atoms with E-state index in [0.717, 1.165) is 105 Å². The van der Waals surface area contributed by atoms with Crippen molar-refractivity contribution in [2.75, 3.05) is 7.05 Å². The van der Waals surface area contributed by atoms with Gasteiger partial charge in [0.15, 0.2) is 0 Å². The third-order valence-electron chi connectivity index (χ3n) is 26.5. The molecule has 0 saturated heterocycles. The second-order valence-electron chi connectivity index (χ2n) is 27.6. The zero-order chi connectivity index (χ0) is 50.0. The molecule has 1 heterocycles. The van der Waals surface area contributed by atoms with Crippen molar-refractivity contribution >= 4 is 12.3 Å². The average Bonchev–Trinajstić information content (AvgIpc) is 4.26. The number of aliphatic hydroxyl groups is 6. The van der Waals surface area contributed by atoms with Crippen LogP contribution in [0.15, 0.2) is 52.6 Å². The number of rotatable bonds is 5. The molecular formula is C63H79NO9. The van der Waals surface area contributed by atoms with Gasteiger partial charge in [-0.1, -0.05) is 81.1 Å². The minimum Gasteiger partial charge on any atom is -0.454 e. The van der Waals surface area contributed by atoms with Crippen molar-refractivity contribution in [2.24, 2.45) is 92.7 Å². The van der Waals surface area contributed by atoms with Crippen LogP contribution in [0.1, 0.15) is 152 Å². The van der Waals surface area contributed by atoms with Gasteiger partial charge in [-0.2, -0.15) is 0 Å². The van der Waals surface area contributed by atoms with Gasteiger partial charge in [0.2, 0.25) is 0 Å². The first-order valence-electron chi connectivity index (χ1n) is 29.5. The van der Waals surface area contributed by atoms with Crippen molar-refractivity contribution < 1.29 is 45.0 Å². The van der Waals surface area contributed by atoms with Gasteiger partial charge >= 0.3 is 5.97 Å². The summed E-state index contributed by atoms with van der Waals surface area (Å²) in [7, 11) is 1.94. The van der Waals surface area contributed by atoms with Gasteiger partial charge in [-0.05, 0) is 178 Å². The molecule has 10 fully saturated rings. The summed E-state index contributed by atoms with van der Waals surface area (Å²) in [6.45, 7) is 2.23. The van der Waals surface area contributed by atoms with E-state index >= 15 is 15.0 Å². The van der Waals surface area contributed by atoms with Crippen molar-refractivity contribution in [3.63, 3.8) is 0 Å². The number of hydrogen-bond acceptors (Lipinski definition) is 10. The highest BCUT2D eigenvalue weighted by atomic mass is 16.5. The molecule has 73 heavy (non-hydrogen) atoms. The maximum atomic E-state index is 15.9. The van der Waals surface area contributed by atoms with Crippen molar-refractivity contribution in [3.05, 3.63) is 69.3 Å². The maximum absolute atomic E-state index is 15.9. The summed E-state index contributed by atoms with van der Waals surface area (Å²) in [6, 6.07) is 5.71. The van der Waals surface area contributed by atoms with E-state index in [1.807, 2.05) is 25.2 Å². The first-order chi connectivity index (χ1) is 35.2. The molecule has 3 spiro atoms. The van der Waals surface area contributed by atoms with Gasteiger partial charge in [0.25, 0.3) is 0 Å². The highest BCUT2D eigenvalue weighted by molar-refractivity contribution is 5.86. The molecule has 390 valence electrons. The normalized spacial score (nSPS) is 51.4. The van der Waals surface area contributed by atoms with Crippen LogP contribution in [-0.2, 0) is 27.4 Å². The van der Waals surface area contributed by atoms with E-state index in [0.29, 0.717) is 56.8 Å². The smallest absolute Gasteiger partial charge is 0.331 e. The summed E-state index contributed by atoms with van der Waals surface area (Å²) < 4.78 is 6.45. The van der Waals surface area contributed by atoms with Gasteiger partial charge in [-0.15, -0.1) is 0 Å². The molecule has 16 rings (SSSR count). The lowest BCUT2D eigenvalue weighted by Crippen LogP contribution is -2.90. The third-order valence-corrected chi connectivity index (χ3v) is 26.5. The summed E-state index contributed by atoms with van der Waals surface area (Å²) in [5.41, 5.74) is -2.63. The summed E-state index contributed by atoms with van der Waals surface area (Å²) in [6.07, 6.45) is 18.5. The van der Waals surface area contributed by atoms with Crippen LogP contribution >= 0.6 is 0 Å². The fourth-order valence-electron chi connectivity index (χ4n) is 24.4. The third kappa shape index (κ3) is 5.18. The van der Waals surface area contributed by atoms with Crippen molar-refractivity contribution in [1.29, 1.82) is 0 Å². The topological polar surface area (TPSA) is 177 Å². The second kappa shape index (κ2) is 15.5. The molecule has 0 aromatic heterocycles. The Morgan fingerprint density at radius 1 is 0.890 bits per heavy atom. The fourth-order valence-corrected chi connectivity index (χ4v) is 24.4. The molecule has 0 radical (unpaired) electrons. The van der Waals surface area contributed by atoms with Gasteiger partial charge in [0.05, 0.1) is 29.8 Å². The number of likely N-dealkylation sites (N-methyl/N-ethyl adjacent to an activating group) is 1. The molecular weight excluding hydrogens is 915 g/mol. The number of esters is 1. The van der Waals surface area contributed by atoms with Crippen molar-refractivity contribution in [1.82, 2.24) is 5.32 Å². The molecule has 14 aliphatic carbocycles. The summed E-state index contributed by atoms with van der Waals surface area (Å²) in [4.78, 5) is 29.9. The Kier molecular flexibility index (Phi) is 10.0. The number of ether oxygens (including phenoxy) is 1. The van der Waals surface area contributed by atoms with Gasteiger partial charge in [-0.3, -0.25) is 0 Å². The molecule has 1 aliphatic heterocycles. The first-order valence-corrected chi connectivity index (χ1v) is 29.5. The molecule has 10 saturated carbocycles. The van der Waals surface area contributed by atoms with E-state index in [1.165, 1.54) is 24.0 Å². The van der Waals surface area contributed by atoms with Gasteiger partial charge in [-0.25, -0.2) is 4.79 Å². The van der Waals surface area contributed by atoms with Crippen LogP contribution in [0.25, 0.3) is 0 Å². The van der Waals surface area contributed by atoms with Gasteiger partial charge < -0.3 is 45.5 Å². The van der Waals surface area contributed by atoms with E-state index in [-0.39, 0.29) is 54.1 Å². The Bertz CT molecular complexity index is 2740. The number of carbonyl (C=O) groups excluding carboxylic acids is 2.